The molecule has 1 aliphatic carbocycles. The molecule has 0 bridgehead atoms. The van der Waals surface area contributed by atoms with Gasteiger partial charge >= 0.3 is 6.85 Å². The molecule has 5 aromatic carbocycles. The van der Waals surface area contributed by atoms with Gasteiger partial charge in [-0.15, -0.1) is 0 Å². The van der Waals surface area contributed by atoms with Gasteiger partial charge < -0.3 is 9.55 Å². The quantitative estimate of drug-likeness (QED) is 0.288. The molecule has 0 radical (unpaired) electrons. The van der Waals surface area contributed by atoms with Gasteiger partial charge in [0, 0.05) is 16.8 Å². The van der Waals surface area contributed by atoms with Crippen molar-refractivity contribution in [1.29, 1.82) is 0 Å². The molecule has 4 heteroatoms. The molecule has 0 aromatic heterocycles. The van der Waals surface area contributed by atoms with Crippen molar-refractivity contribution in [2.45, 2.75) is 0 Å². The van der Waals surface area contributed by atoms with E-state index in [1.807, 2.05) is 36.4 Å². The summed E-state index contributed by atoms with van der Waals surface area (Å²) in [6, 6.07) is 39.3. The first-order valence-corrected chi connectivity index (χ1v) is 12.1. The molecule has 3 nitrogen and oxygen atoms in total. The Hall–Kier alpha value is -4.57. The van der Waals surface area contributed by atoms with Gasteiger partial charge in [-0.1, -0.05) is 102 Å². The summed E-state index contributed by atoms with van der Waals surface area (Å²) in [5.74, 6) is 0.809. The number of ketones is 1. The number of carbonyl (C=O) groups is 1. The maximum absolute atomic E-state index is 13.5. The molecular formula is C32H24BNO2. The standard InChI is InChI=1S/C32H24BNO2/c1-36-28-19-17-27(18-20-28)34(33(25-11-4-2-5-12-25)26-13-6-3-7-14-26)29-21-15-23-9-8-10-24-16-22-30(35)32(29)31(23)24/h2-22H,1H3. The van der Waals surface area contributed by atoms with Crippen LogP contribution in [0, 0.1) is 0 Å². The van der Waals surface area contributed by atoms with E-state index in [-0.39, 0.29) is 12.6 Å². The minimum absolute atomic E-state index is 0.0210. The van der Waals surface area contributed by atoms with E-state index in [4.69, 9.17) is 4.74 Å². The number of rotatable bonds is 6. The van der Waals surface area contributed by atoms with Crippen molar-refractivity contribution < 1.29 is 9.53 Å². The van der Waals surface area contributed by atoms with E-state index in [1.165, 1.54) is 0 Å². The molecule has 0 heterocycles. The van der Waals surface area contributed by atoms with Crippen LogP contribution in [0.15, 0.2) is 121 Å². The zero-order chi connectivity index (χ0) is 24.5. The maximum atomic E-state index is 13.5. The second-order valence-electron chi connectivity index (χ2n) is 8.89. The molecule has 0 fully saturated rings. The van der Waals surface area contributed by atoms with Crippen molar-refractivity contribution in [3.05, 3.63) is 132 Å². The van der Waals surface area contributed by atoms with Gasteiger partial charge in [-0.25, -0.2) is 0 Å². The molecule has 36 heavy (non-hydrogen) atoms. The van der Waals surface area contributed by atoms with Gasteiger partial charge in [-0.3, -0.25) is 4.79 Å². The van der Waals surface area contributed by atoms with Crippen LogP contribution in [0.1, 0.15) is 15.9 Å². The Morgan fingerprint density at radius 1 is 0.667 bits per heavy atom. The van der Waals surface area contributed by atoms with Gasteiger partial charge in [0.15, 0.2) is 5.78 Å². The molecule has 0 N–H and O–H groups in total. The van der Waals surface area contributed by atoms with Crippen LogP contribution in [0.3, 0.4) is 0 Å². The van der Waals surface area contributed by atoms with Gasteiger partial charge in [0.2, 0.25) is 0 Å². The number of hydrogen-bond donors (Lipinski definition) is 0. The van der Waals surface area contributed by atoms with Crippen LogP contribution in [0.25, 0.3) is 16.8 Å². The average molecular weight is 465 g/mol. The number of carbonyl (C=O) groups excluding carboxylic acids is 1. The predicted octanol–water partition coefficient (Wildman–Crippen LogP) is 6.00. The summed E-state index contributed by atoms with van der Waals surface area (Å²) in [4.78, 5) is 15.8. The van der Waals surface area contributed by atoms with E-state index in [0.29, 0.717) is 0 Å². The van der Waals surface area contributed by atoms with Crippen molar-refractivity contribution >= 4 is 51.8 Å². The zero-order valence-corrected chi connectivity index (χ0v) is 20.0. The molecule has 0 spiro atoms. The normalized spacial score (nSPS) is 12.0. The summed E-state index contributed by atoms with van der Waals surface area (Å²) < 4.78 is 5.45. The van der Waals surface area contributed by atoms with Gasteiger partial charge in [0.25, 0.3) is 0 Å². The van der Waals surface area contributed by atoms with E-state index in [2.05, 4.69) is 89.7 Å². The summed E-state index contributed by atoms with van der Waals surface area (Å²) in [5.41, 5.74) is 5.93. The smallest absolute Gasteiger partial charge is 0.328 e. The highest BCUT2D eigenvalue weighted by Crippen LogP contribution is 2.39. The van der Waals surface area contributed by atoms with Crippen molar-refractivity contribution in [3.63, 3.8) is 0 Å². The first-order valence-electron chi connectivity index (χ1n) is 12.1. The molecule has 0 aliphatic heterocycles. The number of benzene rings is 5. The van der Waals surface area contributed by atoms with Crippen LogP contribution in [0.5, 0.6) is 5.75 Å². The lowest BCUT2D eigenvalue weighted by atomic mass is 9.48. The summed E-state index contributed by atoms with van der Waals surface area (Å²) >= 11 is 0. The van der Waals surface area contributed by atoms with E-state index < -0.39 is 0 Å². The first-order chi connectivity index (χ1) is 17.7. The third-order valence-corrected chi connectivity index (χ3v) is 6.82. The molecule has 0 unspecified atom stereocenters. The van der Waals surface area contributed by atoms with Gasteiger partial charge in [0.1, 0.15) is 5.75 Å². The van der Waals surface area contributed by atoms with E-state index in [0.717, 1.165) is 49.9 Å². The number of hydrogen-bond acceptors (Lipinski definition) is 3. The van der Waals surface area contributed by atoms with E-state index in [1.54, 1.807) is 13.2 Å². The predicted molar refractivity (Wildman–Crippen MR) is 150 cm³/mol. The summed E-state index contributed by atoms with van der Waals surface area (Å²) in [5, 5.41) is 2.07. The Kier molecular flexibility index (Phi) is 5.63. The molecular weight excluding hydrogens is 441 g/mol. The second-order valence-corrected chi connectivity index (χ2v) is 8.89. The van der Waals surface area contributed by atoms with Crippen molar-refractivity contribution in [2.75, 3.05) is 11.9 Å². The minimum Gasteiger partial charge on any atom is -0.497 e. The highest BCUT2D eigenvalue weighted by atomic mass is 16.5. The fraction of sp³-hybridized carbons (Fsp3) is 0.0312. The SMILES string of the molecule is COc1ccc(N(B(c2ccccc2)c2ccccc2)c2ccc3cccc4c3c2C(=O)C=C4)cc1. The fourth-order valence-electron chi connectivity index (χ4n) is 5.17. The highest BCUT2D eigenvalue weighted by Gasteiger charge is 2.33. The molecule has 5 aromatic rings. The Morgan fingerprint density at radius 2 is 1.33 bits per heavy atom. The number of allylic oxidation sites excluding steroid dienone is 1. The van der Waals surface area contributed by atoms with Crippen LogP contribution in [0.2, 0.25) is 0 Å². The van der Waals surface area contributed by atoms with Crippen LogP contribution in [-0.4, -0.2) is 19.7 Å². The van der Waals surface area contributed by atoms with Crippen molar-refractivity contribution in [1.82, 2.24) is 0 Å². The first kappa shape index (κ1) is 21.9. The zero-order valence-electron chi connectivity index (χ0n) is 20.0. The molecule has 6 rings (SSSR count). The Bertz CT molecular complexity index is 1540. The Balaban J connectivity index is 1.67. The Morgan fingerprint density at radius 3 is 1.97 bits per heavy atom. The van der Waals surface area contributed by atoms with Crippen LogP contribution >= 0.6 is 0 Å². The van der Waals surface area contributed by atoms with E-state index in [9.17, 15) is 4.79 Å². The Labute approximate surface area is 211 Å². The van der Waals surface area contributed by atoms with Gasteiger partial charge in [-0.05, 0) is 47.4 Å². The number of methoxy groups -OCH3 is 1. The van der Waals surface area contributed by atoms with Crippen molar-refractivity contribution in [2.24, 2.45) is 0 Å². The lowest BCUT2D eigenvalue weighted by Gasteiger charge is -2.34. The van der Waals surface area contributed by atoms with Gasteiger partial charge in [-0.2, -0.15) is 0 Å². The summed E-state index contributed by atoms with van der Waals surface area (Å²) in [7, 11) is 1.67. The third-order valence-electron chi connectivity index (χ3n) is 6.82. The monoisotopic (exact) mass is 465 g/mol. The topological polar surface area (TPSA) is 29.5 Å². The van der Waals surface area contributed by atoms with Crippen molar-refractivity contribution in [3.8, 4) is 5.75 Å². The third kappa shape index (κ3) is 3.77. The molecule has 0 atom stereocenters. The minimum atomic E-state index is -0.152. The second kappa shape index (κ2) is 9.24. The molecule has 0 saturated heterocycles. The number of nitrogens with zero attached hydrogens (tertiary/aromatic N) is 1. The largest absolute Gasteiger partial charge is 0.497 e. The fourth-order valence-corrected chi connectivity index (χ4v) is 5.17. The van der Waals surface area contributed by atoms with Gasteiger partial charge in [0.05, 0.1) is 12.7 Å². The lowest BCUT2D eigenvalue weighted by Crippen LogP contribution is -2.55. The summed E-state index contributed by atoms with van der Waals surface area (Å²) in [6.45, 7) is -0.152. The number of ether oxygens (including phenoxy) is 1. The summed E-state index contributed by atoms with van der Waals surface area (Å²) in [6.07, 6.45) is 3.61. The molecule has 0 saturated carbocycles. The highest BCUT2D eigenvalue weighted by molar-refractivity contribution is 6.89. The average Bonchev–Trinajstić information content (AvgIpc) is 2.95. The van der Waals surface area contributed by atoms with E-state index >= 15 is 0 Å². The van der Waals surface area contributed by atoms with Crippen LogP contribution < -0.4 is 20.5 Å². The van der Waals surface area contributed by atoms with Crippen LogP contribution in [0.4, 0.5) is 11.4 Å². The lowest BCUT2D eigenvalue weighted by molar-refractivity contribution is 0.104. The molecule has 172 valence electrons. The molecule has 1 aliphatic rings. The molecule has 0 amide bonds. The van der Waals surface area contributed by atoms with Crippen LogP contribution in [-0.2, 0) is 0 Å². The maximum Gasteiger partial charge on any atom is 0.328 e. The number of anilines is 2.